The van der Waals surface area contributed by atoms with Gasteiger partial charge in [-0.2, -0.15) is 0 Å². The van der Waals surface area contributed by atoms with Crippen LogP contribution >= 0.6 is 0 Å². The van der Waals surface area contributed by atoms with Gasteiger partial charge in [-0.3, -0.25) is 4.79 Å². The number of hydrogen-bond acceptors (Lipinski definition) is 3. The molecule has 1 fully saturated rings. The van der Waals surface area contributed by atoms with E-state index in [2.05, 4.69) is 0 Å². The van der Waals surface area contributed by atoms with Crippen molar-refractivity contribution in [3.8, 4) is 0 Å². The second kappa shape index (κ2) is 3.52. The normalized spacial score (nSPS) is 16.1. The molecule has 72 valence electrons. The number of likely N-dealkylation sites (tertiary alicyclic amines) is 1. The van der Waals surface area contributed by atoms with Crippen LogP contribution < -0.4 is 0 Å². The van der Waals surface area contributed by atoms with Crippen LogP contribution in [-0.2, 0) is 16.1 Å². The fourth-order valence-corrected chi connectivity index (χ4v) is 1.47. The molecule has 1 amide bonds. The number of rotatable bonds is 2. The van der Waals surface area contributed by atoms with Crippen LogP contribution in [-0.4, -0.2) is 23.3 Å². The molecule has 0 atom stereocenters. The van der Waals surface area contributed by atoms with Crippen molar-refractivity contribution in [2.45, 2.75) is 13.0 Å². The largest absolute Gasteiger partial charge is 0.467 e. The zero-order valence-electron chi connectivity index (χ0n) is 7.53. The minimum Gasteiger partial charge on any atom is -0.467 e. The van der Waals surface area contributed by atoms with Crippen molar-refractivity contribution < 1.29 is 14.0 Å². The third-order valence-electron chi connectivity index (χ3n) is 2.17. The van der Waals surface area contributed by atoms with Gasteiger partial charge in [0.2, 0.25) is 5.91 Å². The van der Waals surface area contributed by atoms with Gasteiger partial charge in [-0.1, -0.05) is 0 Å². The summed E-state index contributed by atoms with van der Waals surface area (Å²) in [4.78, 5) is 23.3. The van der Waals surface area contributed by atoms with Gasteiger partial charge in [0.15, 0.2) is 0 Å². The Morgan fingerprint density at radius 1 is 1.57 bits per heavy atom. The Balaban J connectivity index is 2.07. The Morgan fingerprint density at radius 3 is 3.00 bits per heavy atom. The first-order chi connectivity index (χ1) is 6.79. The molecule has 4 heteroatoms. The molecule has 0 unspecified atom stereocenters. The molecule has 0 aromatic carbocycles. The van der Waals surface area contributed by atoms with Crippen LogP contribution in [0.3, 0.4) is 0 Å². The smallest absolute Gasteiger partial charge is 0.228 e. The van der Waals surface area contributed by atoms with Gasteiger partial charge in [-0.15, -0.1) is 0 Å². The van der Waals surface area contributed by atoms with Crippen LogP contribution in [0.15, 0.2) is 28.4 Å². The Labute approximate surface area is 80.8 Å². The predicted octanol–water partition coefficient (Wildman–Crippen LogP) is 0.770. The molecule has 0 N–H and O–H groups in total. The average molecular weight is 191 g/mol. The molecular weight excluding hydrogens is 182 g/mol. The van der Waals surface area contributed by atoms with Gasteiger partial charge >= 0.3 is 0 Å². The number of furan rings is 1. The van der Waals surface area contributed by atoms with E-state index in [0.29, 0.717) is 18.7 Å². The van der Waals surface area contributed by atoms with E-state index in [0.717, 1.165) is 5.76 Å². The predicted molar refractivity (Wildman–Crippen MR) is 47.9 cm³/mol. The van der Waals surface area contributed by atoms with Gasteiger partial charge in [0.05, 0.1) is 25.8 Å². The van der Waals surface area contributed by atoms with Gasteiger partial charge in [-0.25, -0.2) is 4.79 Å². The van der Waals surface area contributed by atoms with Gasteiger partial charge < -0.3 is 9.32 Å². The van der Waals surface area contributed by atoms with Gasteiger partial charge in [0.25, 0.3) is 0 Å². The van der Waals surface area contributed by atoms with E-state index in [4.69, 9.17) is 4.42 Å². The molecule has 1 aliphatic heterocycles. The maximum Gasteiger partial charge on any atom is 0.228 e. The van der Waals surface area contributed by atoms with Crippen LogP contribution in [0.25, 0.3) is 0 Å². The van der Waals surface area contributed by atoms with Crippen molar-refractivity contribution in [1.29, 1.82) is 0 Å². The van der Waals surface area contributed by atoms with Gasteiger partial charge in [0, 0.05) is 5.57 Å². The summed E-state index contributed by atoms with van der Waals surface area (Å²) in [5.41, 5.74) is 0.515. The van der Waals surface area contributed by atoms with Crippen molar-refractivity contribution in [2.24, 2.45) is 0 Å². The second-order valence-electron chi connectivity index (χ2n) is 3.21. The summed E-state index contributed by atoms with van der Waals surface area (Å²) in [7, 11) is 0. The number of hydrogen-bond donors (Lipinski definition) is 0. The standard InChI is InChI=1S/C10H9NO3/c12-7-8-4-10(13)11(5-8)6-9-2-1-3-14-9/h1-3H,4-6H2. The van der Waals surface area contributed by atoms with E-state index < -0.39 is 0 Å². The highest BCUT2D eigenvalue weighted by molar-refractivity contribution is 5.85. The molecule has 0 bridgehead atoms. The molecule has 0 aliphatic carbocycles. The number of carbonyl (C=O) groups excluding carboxylic acids is 2. The summed E-state index contributed by atoms with van der Waals surface area (Å²) in [6.07, 6.45) is 1.76. The second-order valence-corrected chi connectivity index (χ2v) is 3.21. The SMILES string of the molecule is O=C=C1CC(=O)N(Cc2ccco2)C1. The molecule has 1 aromatic heterocycles. The Morgan fingerprint density at radius 2 is 2.43 bits per heavy atom. The lowest BCUT2D eigenvalue weighted by atomic mass is 10.3. The van der Waals surface area contributed by atoms with Gasteiger partial charge in [0.1, 0.15) is 11.7 Å². The van der Waals surface area contributed by atoms with Crippen LogP contribution in [0.2, 0.25) is 0 Å². The highest BCUT2D eigenvalue weighted by Gasteiger charge is 2.25. The Kier molecular flexibility index (Phi) is 2.21. The molecule has 1 aromatic rings. The first kappa shape index (κ1) is 8.78. The lowest BCUT2D eigenvalue weighted by molar-refractivity contribution is -0.128. The number of nitrogens with zero attached hydrogens (tertiary/aromatic N) is 1. The first-order valence-electron chi connectivity index (χ1n) is 4.32. The van der Waals surface area contributed by atoms with Crippen molar-refractivity contribution >= 4 is 11.8 Å². The molecule has 4 nitrogen and oxygen atoms in total. The topological polar surface area (TPSA) is 50.5 Å². The molecule has 14 heavy (non-hydrogen) atoms. The average Bonchev–Trinajstić information content (AvgIpc) is 2.78. The maximum atomic E-state index is 11.4. The van der Waals surface area contributed by atoms with Crippen molar-refractivity contribution in [3.05, 3.63) is 29.7 Å². The number of carbonyl (C=O) groups is 1. The molecule has 2 heterocycles. The molecule has 0 spiro atoms. The molecule has 1 aliphatic rings. The summed E-state index contributed by atoms with van der Waals surface area (Å²) in [5, 5.41) is 0. The molecule has 2 rings (SSSR count). The lowest BCUT2D eigenvalue weighted by Gasteiger charge is -2.12. The lowest BCUT2D eigenvalue weighted by Crippen LogP contribution is -2.23. The molecule has 1 saturated heterocycles. The zero-order chi connectivity index (χ0) is 9.97. The summed E-state index contributed by atoms with van der Waals surface area (Å²) in [6, 6.07) is 3.57. The van der Waals surface area contributed by atoms with Crippen molar-refractivity contribution in [3.63, 3.8) is 0 Å². The van der Waals surface area contributed by atoms with E-state index in [1.807, 2.05) is 0 Å². The Hall–Kier alpha value is -1.80. The zero-order valence-corrected chi connectivity index (χ0v) is 7.53. The molecule has 0 radical (unpaired) electrons. The minimum absolute atomic E-state index is 0.0419. The van der Waals surface area contributed by atoms with E-state index in [1.165, 1.54) is 0 Å². The monoisotopic (exact) mass is 191 g/mol. The van der Waals surface area contributed by atoms with E-state index >= 15 is 0 Å². The van der Waals surface area contributed by atoms with Crippen LogP contribution in [0.1, 0.15) is 12.2 Å². The number of amides is 1. The first-order valence-corrected chi connectivity index (χ1v) is 4.32. The third kappa shape index (κ3) is 1.60. The van der Waals surface area contributed by atoms with Crippen LogP contribution in [0, 0.1) is 0 Å². The van der Waals surface area contributed by atoms with E-state index in [1.54, 1.807) is 29.2 Å². The molecular formula is C10H9NO3. The summed E-state index contributed by atoms with van der Waals surface area (Å²) >= 11 is 0. The third-order valence-corrected chi connectivity index (χ3v) is 2.17. The van der Waals surface area contributed by atoms with E-state index in [9.17, 15) is 9.59 Å². The maximum absolute atomic E-state index is 11.4. The summed E-state index contributed by atoms with van der Waals surface area (Å²) in [6.45, 7) is 0.806. The quantitative estimate of drug-likeness (QED) is 0.649. The van der Waals surface area contributed by atoms with Crippen molar-refractivity contribution in [2.75, 3.05) is 6.54 Å². The minimum atomic E-state index is -0.0419. The van der Waals surface area contributed by atoms with Crippen LogP contribution in [0.5, 0.6) is 0 Å². The molecule has 0 saturated carbocycles. The van der Waals surface area contributed by atoms with Crippen LogP contribution in [0.4, 0.5) is 0 Å². The highest BCUT2D eigenvalue weighted by Crippen LogP contribution is 2.17. The summed E-state index contributed by atoms with van der Waals surface area (Å²) < 4.78 is 5.11. The van der Waals surface area contributed by atoms with Gasteiger partial charge in [-0.05, 0) is 12.1 Å². The Bertz CT molecular complexity index is 388. The van der Waals surface area contributed by atoms with E-state index in [-0.39, 0.29) is 12.3 Å². The highest BCUT2D eigenvalue weighted by atomic mass is 16.3. The fraction of sp³-hybridized carbons (Fsp3) is 0.300. The van der Waals surface area contributed by atoms with Crippen molar-refractivity contribution in [1.82, 2.24) is 4.90 Å². The fourth-order valence-electron chi connectivity index (χ4n) is 1.47. The summed E-state index contributed by atoms with van der Waals surface area (Å²) in [5.74, 6) is 2.46.